The summed E-state index contributed by atoms with van der Waals surface area (Å²) in [6, 6.07) is 3.93. The third-order valence-corrected chi connectivity index (χ3v) is 3.62. The van der Waals surface area contributed by atoms with E-state index in [1.807, 2.05) is 25.3 Å². The third kappa shape index (κ3) is 4.08. The number of nitrogens with zero attached hydrogens (tertiary/aromatic N) is 3. The van der Waals surface area contributed by atoms with E-state index in [1.165, 1.54) is 0 Å². The lowest BCUT2D eigenvalue weighted by molar-refractivity contribution is 0.291. The monoisotopic (exact) mass is 278 g/mol. The molecule has 0 aliphatic carbocycles. The van der Waals surface area contributed by atoms with Crippen molar-refractivity contribution in [2.45, 2.75) is 19.8 Å². The van der Waals surface area contributed by atoms with Crippen molar-refractivity contribution in [1.29, 1.82) is 0 Å². The van der Waals surface area contributed by atoms with Gasteiger partial charge < -0.3 is 20.3 Å². The first kappa shape index (κ1) is 15.1. The minimum atomic E-state index is 0.676. The van der Waals surface area contributed by atoms with Crippen molar-refractivity contribution in [1.82, 2.24) is 9.88 Å². The molecular formula is C15H26N4O. The van der Waals surface area contributed by atoms with Crippen LogP contribution in [0.1, 0.15) is 19.8 Å². The molecule has 0 bridgehead atoms. The van der Waals surface area contributed by atoms with Gasteiger partial charge in [0.15, 0.2) is 11.6 Å². The Hall–Kier alpha value is -1.33. The van der Waals surface area contributed by atoms with Gasteiger partial charge in [-0.15, -0.1) is 0 Å². The summed E-state index contributed by atoms with van der Waals surface area (Å²) in [5, 5.41) is 0. The van der Waals surface area contributed by atoms with Gasteiger partial charge in [0.1, 0.15) is 0 Å². The SMILES string of the molecule is CCOc1cccnc1N1CCCN(CCCN)CC1. The summed E-state index contributed by atoms with van der Waals surface area (Å²) < 4.78 is 5.69. The fraction of sp³-hybridized carbons (Fsp3) is 0.667. The lowest BCUT2D eigenvalue weighted by atomic mass is 10.3. The maximum absolute atomic E-state index is 5.69. The van der Waals surface area contributed by atoms with Crippen LogP contribution in [0, 0.1) is 0 Å². The summed E-state index contributed by atoms with van der Waals surface area (Å²) in [6.07, 6.45) is 4.08. The van der Waals surface area contributed by atoms with E-state index < -0.39 is 0 Å². The van der Waals surface area contributed by atoms with Gasteiger partial charge in [0.05, 0.1) is 6.61 Å². The van der Waals surface area contributed by atoms with Crippen molar-refractivity contribution in [3.63, 3.8) is 0 Å². The maximum Gasteiger partial charge on any atom is 0.171 e. The first-order valence-electron chi connectivity index (χ1n) is 7.60. The molecule has 1 saturated heterocycles. The van der Waals surface area contributed by atoms with Crippen LogP contribution in [0.5, 0.6) is 5.75 Å². The average molecular weight is 278 g/mol. The van der Waals surface area contributed by atoms with Crippen molar-refractivity contribution in [2.24, 2.45) is 5.73 Å². The van der Waals surface area contributed by atoms with E-state index in [9.17, 15) is 0 Å². The number of nitrogens with two attached hydrogens (primary N) is 1. The summed E-state index contributed by atoms with van der Waals surface area (Å²) in [6.45, 7) is 8.82. The van der Waals surface area contributed by atoms with Crippen LogP contribution in [0.2, 0.25) is 0 Å². The molecule has 0 saturated carbocycles. The fourth-order valence-corrected chi connectivity index (χ4v) is 2.61. The zero-order valence-electron chi connectivity index (χ0n) is 12.4. The van der Waals surface area contributed by atoms with E-state index in [4.69, 9.17) is 10.5 Å². The summed E-state index contributed by atoms with van der Waals surface area (Å²) in [7, 11) is 0. The van der Waals surface area contributed by atoms with Gasteiger partial charge in [-0.25, -0.2) is 4.98 Å². The highest BCUT2D eigenvalue weighted by atomic mass is 16.5. The summed E-state index contributed by atoms with van der Waals surface area (Å²) in [5.74, 6) is 1.88. The Morgan fingerprint density at radius 1 is 1.30 bits per heavy atom. The van der Waals surface area contributed by atoms with E-state index in [0.717, 1.165) is 63.7 Å². The van der Waals surface area contributed by atoms with Crippen LogP contribution in [0.3, 0.4) is 0 Å². The molecule has 112 valence electrons. The molecule has 0 radical (unpaired) electrons. The lowest BCUT2D eigenvalue weighted by Crippen LogP contribution is -2.32. The smallest absolute Gasteiger partial charge is 0.171 e. The second-order valence-corrected chi connectivity index (χ2v) is 5.08. The lowest BCUT2D eigenvalue weighted by Gasteiger charge is -2.24. The van der Waals surface area contributed by atoms with Gasteiger partial charge in [-0.3, -0.25) is 0 Å². The van der Waals surface area contributed by atoms with Crippen LogP contribution in [-0.2, 0) is 0 Å². The molecule has 5 nitrogen and oxygen atoms in total. The van der Waals surface area contributed by atoms with Crippen LogP contribution in [0.15, 0.2) is 18.3 Å². The standard InChI is InChI=1S/C15H26N4O/c1-2-20-14-6-3-8-17-15(14)19-11-5-10-18(12-13-19)9-4-7-16/h3,6,8H,2,4-5,7,9-13,16H2,1H3. The first-order chi connectivity index (χ1) is 9.85. The largest absolute Gasteiger partial charge is 0.490 e. The van der Waals surface area contributed by atoms with E-state index in [-0.39, 0.29) is 0 Å². The molecule has 2 N–H and O–H groups in total. The predicted molar refractivity (Wildman–Crippen MR) is 82.3 cm³/mol. The van der Waals surface area contributed by atoms with Crippen molar-refractivity contribution >= 4 is 5.82 Å². The molecular weight excluding hydrogens is 252 g/mol. The van der Waals surface area contributed by atoms with Gasteiger partial charge in [-0.1, -0.05) is 0 Å². The van der Waals surface area contributed by atoms with Crippen molar-refractivity contribution in [3.8, 4) is 5.75 Å². The average Bonchev–Trinajstić information content (AvgIpc) is 2.71. The Bertz CT molecular complexity index is 399. The van der Waals surface area contributed by atoms with Gasteiger partial charge in [-0.05, 0) is 51.5 Å². The molecule has 20 heavy (non-hydrogen) atoms. The number of ether oxygens (including phenoxy) is 1. The molecule has 2 rings (SSSR count). The molecule has 5 heteroatoms. The number of hydrogen-bond acceptors (Lipinski definition) is 5. The van der Waals surface area contributed by atoms with Crippen LogP contribution in [0.4, 0.5) is 5.82 Å². The minimum Gasteiger partial charge on any atom is -0.490 e. The topological polar surface area (TPSA) is 54.6 Å². The Morgan fingerprint density at radius 3 is 3.00 bits per heavy atom. The van der Waals surface area contributed by atoms with Gasteiger partial charge in [0.2, 0.25) is 0 Å². The molecule has 1 aliphatic heterocycles. The van der Waals surface area contributed by atoms with Crippen molar-refractivity contribution in [2.75, 3.05) is 50.8 Å². The highest BCUT2D eigenvalue weighted by molar-refractivity contribution is 5.52. The highest BCUT2D eigenvalue weighted by Gasteiger charge is 2.18. The Balaban J connectivity index is 1.99. The van der Waals surface area contributed by atoms with Crippen molar-refractivity contribution in [3.05, 3.63) is 18.3 Å². The zero-order valence-corrected chi connectivity index (χ0v) is 12.4. The maximum atomic E-state index is 5.69. The second kappa shape index (κ2) is 8.07. The summed E-state index contributed by atoms with van der Waals surface area (Å²) >= 11 is 0. The zero-order chi connectivity index (χ0) is 14.2. The minimum absolute atomic E-state index is 0.676. The molecule has 2 heterocycles. The number of anilines is 1. The van der Waals surface area contributed by atoms with Gasteiger partial charge in [0.25, 0.3) is 0 Å². The second-order valence-electron chi connectivity index (χ2n) is 5.08. The normalized spacial score (nSPS) is 17.0. The quantitative estimate of drug-likeness (QED) is 0.851. The number of pyridine rings is 1. The fourth-order valence-electron chi connectivity index (χ4n) is 2.61. The van der Waals surface area contributed by atoms with Crippen LogP contribution in [0.25, 0.3) is 0 Å². The number of rotatable bonds is 6. The third-order valence-electron chi connectivity index (χ3n) is 3.62. The molecule has 0 unspecified atom stereocenters. The van der Waals surface area contributed by atoms with Gasteiger partial charge in [0, 0.05) is 25.8 Å². The van der Waals surface area contributed by atoms with Gasteiger partial charge in [-0.2, -0.15) is 0 Å². The van der Waals surface area contributed by atoms with E-state index in [1.54, 1.807) is 0 Å². The first-order valence-corrected chi connectivity index (χ1v) is 7.60. The van der Waals surface area contributed by atoms with Crippen LogP contribution in [-0.4, -0.2) is 55.8 Å². The van der Waals surface area contributed by atoms with Crippen LogP contribution < -0.4 is 15.4 Å². The molecule has 1 aliphatic rings. The van der Waals surface area contributed by atoms with E-state index >= 15 is 0 Å². The molecule has 1 aromatic heterocycles. The molecule has 1 aromatic rings. The molecule has 0 aromatic carbocycles. The van der Waals surface area contributed by atoms with E-state index in [2.05, 4.69) is 14.8 Å². The summed E-state index contributed by atoms with van der Waals surface area (Å²) in [5.41, 5.74) is 5.59. The summed E-state index contributed by atoms with van der Waals surface area (Å²) in [4.78, 5) is 9.35. The van der Waals surface area contributed by atoms with Gasteiger partial charge >= 0.3 is 0 Å². The highest BCUT2D eigenvalue weighted by Crippen LogP contribution is 2.26. The van der Waals surface area contributed by atoms with E-state index in [0.29, 0.717) is 6.61 Å². The Kier molecular flexibility index (Phi) is 6.08. The predicted octanol–water partition coefficient (Wildman–Crippen LogP) is 1.34. The number of aromatic nitrogens is 1. The molecule has 0 spiro atoms. The van der Waals surface area contributed by atoms with Crippen molar-refractivity contribution < 1.29 is 4.74 Å². The van der Waals surface area contributed by atoms with Crippen LogP contribution >= 0.6 is 0 Å². The molecule has 0 amide bonds. The Morgan fingerprint density at radius 2 is 2.20 bits per heavy atom. The number of hydrogen-bond donors (Lipinski definition) is 1. The molecule has 1 fully saturated rings. The molecule has 0 atom stereocenters. The Labute approximate surface area is 121 Å².